The largest absolute Gasteiger partial charge is 0.330 e. The minimum Gasteiger partial charge on any atom is -0.330 e. The summed E-state index contributed by atoms with van der Waals surface area (Å²) in [6.07, 6.45) is 21.7. The van der Waals surface area contributed by atoms with E-state index in [-0.39, 0.29) is 0 Å². The molecule has 2 fully saturated rings. The number of allylic oxidation sites excluding steroid dienone is 1. The number of benzene rings is 1. The van der Waals surface area contributed by atoms with Gasteiger partial charge in [-0.05, 0) is 92.2 Å². The molecule has 0 bridgehead atoms. The Labute approximate surface area is 206 Å². The van der Waals surface area contributed by atoms with E-state index in [2.05, 4.69) is 44.7 Å². The van der Waals surface area contributed by atoms with E-state index in [9.17, 15) is 0 Å². The zero-order chi connectivity index (χ0) is 23.5. The molecule has 0 aliphatic heterocycles. The number of aryl methyl sites for hydroxylation is 1. The Bertz CT molecular complexity index is 660. The lowest BCUT2D eigenvalue weighted by atomic mass is 9.74. The summed E-state index contributed by atoms with van der Waals surface area (Å²) in [6, 6.07) is 9.49. The Morgan fingerprint density at radius 1 is 0.939 bits per heavy atom. The Balaban J connectivity index is 1.45. The van der Waals surface area contributed by atoms with Crippen LogP contribution in [0.15, 0.2) is 36.4 Å². The fraction of sp³-hybridized carbons (Fsp3) is 0.750. The number of hydrogen-bond acceptors (Lipinski definition) is 1. The highest BCUT2D eigenvalue weighted by Gasteiger charge is 2.24. The standard InChI is InChI=1S/C32H53N/c1-25-11-13-31(14-12-25)24-27(3)32(10-7-21-33)23-26(2)22-30-19-17-29(18-20-30)16-15-28-8-5-4-6-9-28/h17-20,25,27-28,31-32H,2,4-16,21-24,33H2,1,3H3/t25-,27-,31+,32+/m1/s1. The third kappa shape index (κ3) is 9.59. The van der Waals surface area contributed by atoms with Crippen molar-refractivity contribution in [3.63, 3.8) is 0 Å². The highest BCUT2D eigenvalue weighted by Crippen LogP contribution is 2.37. The molecule has 0 radical (unpaired) electrons. The molecule has 0 saturated heterocycles. The maximum Gasteiger partial charge on any atom is -0.00697 e. The van der Waals surface area contributed by atoms with Crippen molar-refractivity contribution in [1.29, 1.82) is 0 Å². The molecule has 33 heavy (non-hydrogen) atoms. The smallest absolute Gasteiger partial charge is 0.00697 e. The van der Waals surface area contributed by atoms with Crippen LogP contribution >= 0.6 is 0 Å². The average molecular weight is 452 g/mol. The third-order valence-electron chi connectivity index (χ3n) is 9.02. The molecule has 2 atom stereocenters. The minimum atomic E-state index is 0.746. The Morgan fingerprint density at radius 2 is 1.61 bits per heavy atom. The maximum atomic E-state index is 5.89. The van der Waals surface area contributed by atoms with Crippen LogP contribution in [0.1, 0.15) is 115 Å². The van der Waals surface area contributed by atoms with E-state index in [1.807, 2.05) is 0 Å². The molecular weight excluding hydrogens is 398 g/mol. The molecule has 1 aromatic rings. The molecule has 2 N–H and O–H groups in total. The van der Waals surface area contributed by atoms with Crippen molar-refractivity contribution in [1.82, 2.24) is 0 Å². The molecule has 1 nitrogen and oxygen atoms in total. The number of rotatable bonds is 13. The van der Waals surface area contributed by atoms with Crippen LogP contribution < -0.4 is 5.73 Å². The Hall–Kier alpha value is -1.08. The van der Waals surface area contributed by atoms with Crippen LogP contribution in [-0.2, 0) is 12.8 Å². The molecule has 3 rings (SSSR count). The molecule has 0 amide bonds. The van der Waals surface area contributed by atoms with Gasteiger partial charge in [0.15, 0.2) is 0 Å². The predicted octanol–water partition coefficient (Wildman–Crippen LogP) is 8.90. The summed E-state index contributed by atoms with van der Waals surface area (Å²) in [7, 11) is 0. The molecule has 1 aromatic carbocycles. The van der Waals surface area contributed by atoms with Crippen LogP contribution in [0.5, 0.6) is 0 Å². The van der Waals surface area contributed by atoms with Gasteiger partial charge >= 0.3 is 0 Å². The second-order valence-electron chi connectivity index (χ2n) is 12.0. The van der Waals surface area contributed by atoms with Crippen LogP contribution in [0.2, 0.25) is 0 Å². The predicted molar refractivity (Wildman–Crippen MR) is 145 cm³/mol. The lowest BCUT2D eigenvalue weighted by Crippen LogP contribution is -2.21. The van der Waals surface area contributed by atoms with Crippen molar-refractivity contribution in [2.75, 3.05) is 6.54 Å². The monoisotopic (exact) mass is 451 g/mol. The Morgan fingerprint density at radius 3 is 2.27 bits per heavy atom. The van der Waals surface area contributed by atoms with Gasteiger partial charge in [-0.3, -0.25) is 0 Å². The highest BCUT2D eigenvalue weighted by molar-refractivity contribution is 5.26. The summed E-state index contributed by atoms with van der Waals surface area (Å²) < 4.78 is 0. The van der Waals surface area contributed by atoms with Crippen molar-refractivity contribution < 1.29 is 0 Å². The third-order valence-corrected chi connectivity index (χ3v) is 9.02. The second kappa shape index (κ2) is 14.3. The van der Waals surface area contributed by atoms with E-state index < -0.39 is 0 Å². The van der Waals surface area contributed by atoms with Gasteiger partial charge in [0.25, 0.3) is 0 Å². The van der Waals surface area contributed by atoms with Crippen LogP contribution in [0, 0.1) is 29.6 Å². The SMILES string of the molecule is C=C(Cc1ccc(CCC2CCCCC2)cc1)C[C@H](CCCN)[C@H](C)C[C@H]1CC[C@@H](C)CC1. The van der Waals surface area contributed by atoms with Gasteiger partial charge in [0.1, 0.15) is 0 Å². The fourth-order valence-corrected chi connectivity index (χ4v) is 6.65. The van der Waals surface area contributed by atoms with Gasteiger partial charge in [-0.15, -0.1) is 0 Å². The molecule has 2 aliphatic carbocycles. The van der Waals surface area contributed by atoms with E-state index in [1.54, 1.807) is 0 Å². The van der Waals surface area contributed by atoms with Gasteiger partial charge in [0.2, 0.25) is 0 Å². The summed E-state index contributed by atoms with van der Waals surface area (Å²) >= 11 is 0. The lowest BCUT2D eigenvalue weighted by molar-refractivity contribution is 0.209. The van der Waals surface area contributed by atoms with Crippen molar-refractivity contribution >= 4 is 0 Å². The van der Waals surface area contributed by atoms with Gasteiger partial charge in [0, 0.05) is 0 Å². The molecule has 1 heteroatoms. The highest BCUT2D eigenvalue weighted by atomic mass is 14.5. The summed E-state index contributed by atoms with van der Waals surface area (Å²) in [5.41, 5.74) is 10.3. The summed E-state index contributed by atoms with van der Waals surface area (Å²) in [4.78, 5) is 0. The van der Waals surface area contributed by atoms with Crippen molar-refractivity contribution in [3.05, 3.63) is 47.5 Å². The van der Waals surface area contributed by atoms with Crippen molar-refractivity contribution in [3.8, 4) is 0 Å². The van der Waals surface area contributed by atoms with Crippen molar-refractivity contribution in [2.24, 2.45) is 35.3 Å². The molecule has 0 aromatic heterocycles. The normalized spacial score (nSPS) is 23.8. The fourth-order valence-electron chi connectivity index (χ4n) is 6.65. The molecule has 0 spiro atoms. The second-order valence-corrected chi connectivity index (χ2v) is 12.0. The molecular formula is C32H53N. The zero-order valence-corrected chi connectivity index (χ0v) is 22.0. The zero-order valence-electron chi connectivity index (χ0n) is 22.0. The van der Waals surface area contributed by atoms with Crippen LogP contribution in [0.4, 0.5) is 0 Å². The lowest BCUT2D eigenvalue weighted by Gasteiger charge is -2.32. The van der Waals surface area contributed by atoms with E-state index in [1.165, 1.54) is 107 Å². The first kappa shape index (κ1) is 26.5. The molecule has 186 valence electrons. The topological polar surface area (TPSA) is 26.0 Å². The number of nitrogens with two attached hydrogens (primary N) is 1. The van der Waals surface area contributed by atoms with Gasteiger partial charge in [0.05, 0.1) is 0 Å². The molecule has 2 saturated carbocycles. The van der Waals surface area contributed by atoms with E-state index in [0.717, 1.165) is 49.0 Å². The Kier molecular flexibility index (Phi) is 11.5. The van der Waals surface area contributed by atoms with Crippen LogP contribution in [0.25, 0.3) is 0 Å². The van der Waals surface area contributed by atoms with Crippen LogP contribution in [-0.4, -0.2) is 6.54 Å². The van der Waals surface area contributed by atoms with Gasteiger partial charge in [-0.2, -0.15) is 0 Å². The minimum absolute atomic E-state index is 0.746. The van der Waals surface area contributed by atoms with Gasteiger partial charge in [-0.25, -0.2) is 0 Å². The first-order valence-corrected chi connectivity index (χ1v) is 14.5. The molecule has 0 unspecified atom stereocenters. The van der Waals surface area contributed by atoms with E-state index >= 15 is 0 Å². The van der Waals surface area contributed by atoms with Crippen molar-refractivity contribution in [2.45, 2.75) is 117 Å². The van der Waals surface area contributed by atoms with Gasteiger partial charge < -0.3 is 5.73 Å². The maximum absolute atomic E-state index is 5.89. The van der Waals surface area contributed by atoms with E-state index in [0.29, 0.717) is 0 Å². The quantitative estimate of drug-likeness (QED) is 0.298. The van der Waals surface area contributed by atoms with Gasteiger partial charge in [-0.1, -0.05) is 108 Å². The van der Waals surface area contributed by atoms with E-state index in [4.69, 9.17) is 5.73 Å². The summed E-state index contributed by atoms with van der Waals surface area (Å²) in [5.74, 6) is 4.40. The summed E-state index contributed by atoms with van der Waals surface area (Å²) in [6.45, 7) is 10.3. The van der Waals surface area contributed by atoms with Crippen LogP contribution in [0.3, 0.4) is 0 Å². The summed E-state index contributed by atoms with van der Waals surface area (Å²) in [5, 5.41) is 0. The number of hydrogen-bond donors (Lipinski definition) is 1. The molecule has 2 aliphatic rings. The molecule has 0 heterocycles. The first-order valence-electron chi connectivity index (χ1n) is 14.5. The first-order chi connectivity index (χ1) is 16.0. The average Bonchev–Trinajstić information content (AvgIpc) is 2.83.